The van der Waals surface area contributed by atoms with Gasteiger partial charge in [-0.2, -0.15) is 0 Å². The lowest BCUT2D eigenvalue weighted by molar-refractivity contribution is -0.152. The van der Waals surface area contributed by atoms with Gasteiger partial charge in [-0.05, 0) is 50.1 Å². The topological polar surface area (TPSA) is 136 Å². The molecule has 8 nitrogen and oxygen atoms in total. The quantitative estimate of drug-likeness (QED) is 0.484. The van der Waals surface area contributed by atoms with E-state index in [0.29, 0.717) is 5.56 Å². The molecule has 8 heteroatoms. The molecule has 0 saturated carbocycles. The number of esters is 2. The molecule has 0 radical (unpaired) electrons. The fourth-order valence-corrected chi connectivity index (χ4v) is 2.25. The molecule has 1 unspecified atom stereocenters. The van der Waals surface area contributed by atoms with Gasteiger partial charge in [0.05, 0.1) is 5.56 Å². The third kappa shape index (κ3) is 5.31. The summed E-state index contributed by atoms with van der Waals surface area (Å²) >= 11 is 0. The van der Waals surface area contributed by atoms with Crippen LogP contribution in [0.4, 0.5) is 0 Å². The predicted octanol–water partition coefficient (Wildman–Crippen LogP) is 1.89. The van der Waals surface area contributed by atoms with Crippen molar-refractivity contribution < 1.29 is 34.1 Å². The largest absolute Gasteiger partial charge is 0.504 e. The van der Waals surface area contributed by atoms with Crippen molar-refractivity contribution in [1.82, 2.24) is 0 Å². The number of phenols is 1. The van der Waals surface area contributed by atoms with Gasteiger partial charge in [0.1, 0.15) is 6.04 Å². The molecule has 0 bridgehead atoms. The van der Waals surface area contributed by atoms with Crippen LogP contribution in [-0.4, -0.2) is 39.8 Å². The zero-order valence-electron chi connectivity index (χ0n) is 15.4. The van der Waals surface area contributed by atoms with Crippen LogP contribution in [-0.2, 0) is 20.7 Å². The number of aliphatic carboxylic acids is 1. The average Bonchev–Trinajstić information content (AvgIpc) is 2.64. The number of aromatic hydroxyl groups is 1. The van der Waals surface area contributed by atoms with Crippen molar-refractivity contribution in [3.63, 3.8) is 0 Å². The van der Waals surface area contributed by atoms with Crippen LogP contribution in [0.15, 0.2) is 48.5 Å². The second-order valence-corrected chi connectivity index (χ2v) is 6.61. The summed E-state index contributed by atoms with van der Waals surface area (Å²) < 4.78 is 10.4. The first-order valence-corrected chi connectivity index (χ1v) is 8.41. The molecule has 4 N–H and O–H groups in total. The number of ether oxygens (including phenoxy) is 2. The summed E-state index contributed by atoms with van der Waals surface area (Å²) in [5.74, 6) is -3.26. The SMILES string of the molecule is CC(C)(OC(=O)c1ccccc1)C(=O)Oc1ccc(CC(N)C(=O)O)cc1O. The summed E-state index contributed by atoms with van der Waals surface area (Å²) in [7, 11) is 0. The lowest BCUT2D eigenvalue weighted by Crippen LogP contribution is -2.40. The molecule has 0 spiro atoms. The summed E-state index contributed by atoms with van der Waals surface area (Å²) in [4.78, 5) is 35.3. The van der Waals surface area contributed by atoms with E-state index < -0.39 is 29.6 Å². The first kappa shape index (κ1) is 20.9. The minimum Gasteiger partial charge on any atom is -0.504 e. The Bertz CT molecular complexity index is 877. The van der Waals surface area contributed by atoms with Gasteiger partial charge in [0.25, 0.3) is 0 Å². The third-order valence-electron chi connectivity index (χ3n) is 3.85. The molecule has 0 aliphatic rings. The molecule has 0 heterocycles. The smallest absolute Gasteiger partial charge is 0.355 e. The second-order valence-electron chi connectivity index (χ2n) is 6.61. The Kier molecular flexibility index (Phi) is 6.37. The summed E-state index contributed by atoms with van der Waals surface area (Å²) in [5.41, 5.74) is 4.59. The van der Waals surface area contributed by atoms with Crippen LogP contribution in [0.25, 0.3) is 0 Å². The molecule has 1 atom stereocenters. The maximum Gasteiger partial charge on any atom is 0.355 e. The number of rotatable bonds is 7. The van der Waals surface area contributed by atoms with Gasteiger partial charge in [0, 0.05) is 0 Å². The van der Waals surface area contributed by atoms with Crippen molar-refractivity contribution >= 4 is 17.9 Å². The maximum absolute atomic E-state index is 12.4. The number of phenolic OH excluding ortho intramolecular Hbond substituents is 1. The highest BCUT2D eigenvalue weighted by Crippen LogP contribution is 2.29. The number of nitrogens with two attached hydrogens (primary N) is 1. The molecule has 2 aromatic rings. The Morgan fingerprint density at radius 3 is 2.32 bits per heavy atom. The van der Waals surface area contributed by atoms with Crippen LogP contribution in [0.1, 0.15) is 29.8 Å². The van der Waals surface area contributed by atoms with Crippen LogP contribution in [0.2, 0.25) is 0 Å². The first-order chi connectivity index (χ1) is 13.1. The van der Waals surface area contributed by atoms with Crippen LogP contribution >= 0.6 is 0 Å². The van der Waals surface area contributed by atoms with Gasteiger partial charge in [-0.1, -0.05) is 24.3 Å². The zero-order chi connectivity index (χ0) is 20.9. The zero-order valence-corrected chi connectivity index (χ0v) is 15.4. The number of benzene rings is 2. The van der Waals surface area contributed by atoms with Gasteiger partial charge < -0.3 is 25.4 Å². The van der Waals surface area contributed by atoms with Crippen LogP contribution in [0, 0.1) is 0 Å². The number of carboxylic acid groups (broad SMARTS) is 1. The van der Waals surface area contributed by atoms with E-state index in [4.69, 9.17) is 20.3 Å². The maximum atomic E-state index is 12.4. The number of hydrogen-bond donors (Lipinski definition) is 3. The van der Waals surface area contributed by atoms with Crippen LogP contribution in [0.3, 0.4) is 0 Å². The van der Waals surface area contributed by atoms with E-state index in [1.807, 2.05) is 0 Å². The molecule has 0 aliphatic carbocycles. The van der Waals surface area contributed by atoms with Gasteiger partial charge in [-0.25, -0.2) is 9.59 Å². The lowest BCUT2D eigenvalue weighted by Gasteiger charge is -2.23. The monoisotopic (exact) mass is 387 g/mol. The summed E-state index contributed by atoms with van der Waals surface area (Å²) in [6.07, 6.45) is -0.00268. The molecule has 2 rings (SSSR count). The van der Waals surface area contributed by atoms with Gasteiger partial charge in [0.15, 0.2) is 11.5 Å². The molecule has 0 aromatic heterocycles. The van der Waals surface area contributed by atoms with E-state index in [2.05, 4.69) is 0 Å². The number of carbonyl (C=O) groups is 3. The minimum absolute atomic E-state index is 0.00268. The molecular formula is C20H21NO7. The van der Waals surface area contributed by atoms with Crippen molar-refractivity contribution in [1.29, 1.82) is 0 Å². The van der Waals surface area contributed by atoms with Gasteiger partial charge in [-0.15, -0.1) is 0 Å². The predicted molar refractivity (Wildman–Crippen MR) is 99.0 cm³/mol. The highest BCUT2D eigenvalue weighted by atomic mass is 16.6. The molecule has 28 heavy (non-hydrogen) atoms. The fraction of sp³-hybridized carbons (Fsp3) is 0.250. The van der Waals surface area contributed by atoms with Gasteiger partial charge in [-0.3, -0.25) is 4.79 Å². The standard InChI is InChI=1S/C20H21NO7/c1-20(2,28-18(25)13-6-4-3-5-7-13)19(26)27-16-9-8-12(11-15(16)22)10-14(21)17(23)24/h3-9,11,14,22H,10,21H2,1-2H3,(H,23,24). The van der Waals surface area contributed by atoms with Crippen molar-refractivity contribution in [3.8, 4) is 11.5 Å². The van der Waals surface area contributed by atoms with Crippen LogP contribution < -0.4 is 10.5 Å². The molecular weight excluding hydrogens is 366 g/mol. The van der Waals surface area contributed by atoms with E-state index in [0.717, 1.165) is 0 Å². The Labute approximate surface area is 161 Å². The van der Waals surface area contributed by atoms with Gasteiger partial charge in [0.2, 0.25) is 5.60 Å². The Balaban J connectivity index is 2.06. The third-order valence-corrected chi connectivity index (χ3v) is 3.85. The van der Waals surface area contributed by atoms with E-state index in [1.165, 1.54) is 32.0 Å². The van der Waals surface area contributed by atoms with Crippen molar-refractivity contribution in [2.24, 2.45) is 5.73 Å². The normalized spacial score (nSPS) is 12.1. The number of carbonyl (C=O) groups excluding carboxylic acids is 2. The molecule has 0 aliphatic heterocycles. The van der Waals surface area contributed by atoms with E-state index >= 15 is 0 Å². The molecule has 148 valence electrons. The van der Waals surface area contributed by atoms with Crippen molar-refractivity contribution in [2.75, 3.05) is 0 Å². The summed E-state index contributed by atoms with van der Waals surface area (Å²) in [6.45, 7) is 2.74. The van der Waals surface area contributed by atoms with E-state index in [-0.39, 0.29) is 23.5 Å². The highest BCUT2D eigenvalue weighted by Gasteiger charge is 2.35. The summed E-state index contributed by atoms with van der Waals surface area (Å²) in [5, 5.41) is 18.9. The molecule has 0 saturated heterocycles. The van der Waals surface area contributed by atoms with Crippen molar-refractivity contribution in [2.45, 2.75) is 31.9 Å². The molecule has 2 aromatic carbocycles. The molecule has 0 fully saturated rings. The van der Waals surface area contributed by atoms with Crippen molar-refractivity contribution in [3.05, 3.63) is 59.7 Å². The van der Waals surface area contributed by atoms with E-state index in [1.54, 1.807) is 30.3 Å². The summed E-state index contributed by atoms with van der Waals surface area (Å²) in [6, 6.07) is 11.1. The van der Waals surface area contributed by atoms with Gasteiger partial charge >= 0.3 is 17.9 Å². The average molecular weight is 387 g/mol. The Hall–Kier alpha value is -3.39. The van der Waals surface area contributed by atoms with Crippen LogP contribution in [0.5, 0.6) is 11.5 Å². The molecule has 0 amide bonds. The number of hydrogen-bond acceptors (Lipinski definition) is 7. The van der Waals surface area contributed by atoms with E-state index in [9.17, 15) is 19.5 Å². The first-order valence-electron chi connectivity index (χ1n) is 8.41. The number of carboxylic acids is 1. The highest BCUT2D eigenvalue weighted by molar-refractivity contribution is 5.92. The Morgan fingerprint density at radius 2 is 1.75 bits per heavy atom. The lowest BCUT2D eigenvalue weighted by atomic mass is 10.1. The second kappa shape index (κ2) is 8.53. The fourth-order valence-electron chi connectivity index (χ4n) is 2.25. The Morgan fingerprint density at radius 1 is 1.11 bits per heavy atom. The minimum atomic E-state index is -1.61.